The van der Waals surface area contributed by atoms with Gasteiger partial charge in [0.25, 0.3) is 0 Å². The molecule has 0 aliphatic rings. The van der Waals surface area contributed by atoms with Crippen LogP contribution >= 0.6 is 12.4 Å². The highest BCUT2D eigenvalue weighted by Gasteiger charge is 2.29. The number of nitrogens with one attached hydrogen (secondary N) is 1. The van der Waals surface area contributed by atoms with Crippen LogP contribution in [0.15, 0.2) is 24.3 Å². The molecule has 1 rings (SSSR count). The van der Waals surface area contributed by atoms with E-state index >= 15 is 0 Å². The van der Waals surface area contributed by atoms with Crippen LogP contribution in [-0.2, 0) is 22.3 Å². The Hall–Kier alpha value is -1.27. The van der Waals surface area contributed by atoms with Crippen molar-refractivity contribution in [1.29, 1.82) is 0 Å². The third-order valence-electron chi connectivity index (χ3n) is 2.19. The van der Waals surface area contributed by atoms with Gasteiger partial charge < -0.3 is 10.1 Å². The summed E-state index contributed by atoms with van der Waals surface area (Å²) in [6, 6.07) is 4.78. The molecule has 0 saturated carbocycles. The number of hydrogen-bond donors (Lipinski definition) is 1. The van der Waals surface area contributed by atoms with Gasteiger partial charge in [0.15, 0.2) is 0 Å². The highest BCUT2D eigenvalue weighted by molar-refractivity contribution is 5.85. The van der Waals surface area contributed by atoms with E-state index in [0.717, 1.165) is 12.1 Å². The number of alkyl halides is 3. The minimum atomic E-state index is -4.32. The SMILES string of the molecule is CCOC(=O)CNCc1ccc(C(F)(F)F)cc1.Cl. The first-order chi connectivity index (χ1) is 8.43. The number of rotatable bonds is 5. The predicted octanol–water partition coefficient (Wildman–Crippen LogP) is 2.78. The molecule has 1 aromatic carbocycles. The molecule has 108 valence electrons. The Morgan fingerprint density at radius 1 is 1.26 bits per heavy atom. The zero-order valence-corrected chi connectivity index (χ0v) is 11.1. The van der Waals surface area contributed by atoms with Gasteiger partial charge in [0, 0.05) is 6.54 Å². The molecular formula is C12H15ClF3NO2. The lowest BCUT2D eigenvalue weighted by molar-refractivity contribution is -0.142. The van der Waals surface area contributed by atoms with Gasteiger partial charge in [0.05, 0.1) is 18.7 Å². The summed E-state index contributed by atoms with van der Waals surface area (Å²) in [5.41, 5.74) is -0.0102. The molecule has 0 fully saturated rings. The van der Waals surface area contributed by atoms with Crippen molar-refractivity contribution in [2.24, 2.45) is 0 Å². The summed E-state index contributed by atoms with van der Waals surface area (Å²) in [7, 11) is 0. The maximum Gasteiger partial charge on any atom is 0.416 e. The fraction of sp³-hybridized carbons (Fsp3) is 0.417. The Bertz CT molecular complexity index is 393. The van der Waals surface area contributed by atoms with Gasteiger partial charge in [0.2, 0.25) is 0 Å². The molecule has 0 aliphatic carbocycles. The van der Waals surface area contributed by atoms with Crippen LogP contribution in [0.5, 0.6) is 0 Å². The second-order valence-electron chi connectivity index (χ2n) is 3.60. The van der Waals surface area contributed by atoms with Gasteiger partial charge in [-0.3, -0.25) is 4.79 Å². The van der Waals surface area contributed by atoms with Crippen LogP contribution in [-0.4, -0.2) is 19.1 Å². The lowest BCUT2D eigenvalue weighted by Crippen LogP contribution is -2.24. The third-order valence-corrected chi connectivity index (χ3v) is 2.19. The molecule has 0 aliphatic heterocycles. The largest absolute Gasteiger partial charge is 0.465 e. The van der Waals surface area contributed by atoms with E-state index in [1.807, 2.05) is 0 Å². The molecule has 0 atom stereocenters. The van der Waals surface area contributed by atoms with Gasteiger partial charge >= 0.3 is 12.1 Å². The molecule has 3 nitrogen and oxygen atoms in total. The van der Waals surface area contributed by atoms with E-state index in [4.69, 9.17) is 4.74 Å². The molecule has 0 unspecified atom stereocenters. The minimum absolute atomic E-state index is 0. The van der Waals surface area contributed by atoms with Crippen molar-refractivity contribution >= 4 is 18.4 Å². The van der Waals surface area contributed by atoms with Gasteiger partial charge in [-0.25, -0.2) is 0 Å². The third kappa shape index (κ3) is 6.45. The van der Waals surface area contributed by atoms with Crippen molar-refractivity contribution in [3.8, 4) is 0 Å². The minimum Gasteiger partial charge on any atom is -0.465 e. The van der Waals surface area contributed by atoms with Crippen molar-refractivity contribution in [3.05, 3.63) is 35.4 Å². The van der Waals surface area contributed by atoms with Crippen LogP contribution in [0.2, 0.25) is 0 Å². The van der Waals surface area contributed by atoms with E-state index in [9.17, 15) is 18.0 Å². The maximum absolute atomic E-state index is 12.3. The van der Waals surface area contributed by atoms with Gasteiger partial charge in [-0.05, 0) is 24.6 Å². The summed E-state index contributed by atoms with van der Waals surface area (Å²) in [6.07, 6.45) is -4.32. The number of carbonyl (C=O) groups excluding carboxylic acids is 1. The average molecular weight is 298 g/mol. The second kappa shape index (κ2) is 8.01. The van der Waals surface area contributed by atoms with Crippen LogP contribution in [0.4, 0.5) is 13.2 Å². The van der Waals surface area contributed by atoms with Gasteiger partial charge in [-0.15, -0.1) is 12.4 Å². The summed E-state index contributed by atoms with van der Waals surface area (Å²) in [4.78, 5) is 11.0. The molecule has 1 N–H and O–H groups in total. The lowest BCUT2D eigenvalue weighted by Gasteiger charge is -2.08. The number of hydrogen-bond acceptors (Lipinski definition) is 3. The van der Waals surface area contributed by atoms with E-state index in [2.05, 4.69) is 5.32 Å². The fourth-order valence-electron chi connectivity index (χ4n) is 1.33. The van der Waals surface area contributed by atoms with Crippen LogP contribution in [0.1, 0.15) is 18.1 Å². The Kier molecular flexibility index (Phi) is 7.48. The van der Waals surface area contributed by atoms with Crippen molar-refractivity contribution in [2.45, 2.75) is 19.6 Å². The highest BCUT2D eigenvalue weighted by atomic mass is 35.5. The Labute approximate surface area is 115 Å². The summed E-state index contributed by atoms with van der Waals surface area (Å²) in [5.74, 6) is -0.385. The van der Waals surface area contributed by atoms with Gasteiger partial charge in [-0.1, -0.05) is 12.1 Å². The van der Waals surface area contributed by atoms with Crippen molar-refractivity contribution in [3.63, 3.8) is 0 Å². The van der Waals surface area contributed by atoms with Crippen molar-refractivity contribution in [1.82, 2.24) is 5.32 Å². The quantitative estimate of drug-likeness (QED) is 0.849. The highest BCUT2D eigenvalue weighted by Crippen LogP contribution is 2.28. The zero-order chi connectivity index (χ0) is 13.6. The van der Waals surface area contributed by atoms with E-state index in [0.29, 0.717) is 18.7 Å². The van der Waals surface area contributed by atoms with Gasteiger partial charge in [0.1, 0.15) is 0 Å². The monoisotopic (exact) mass is 297 g/mol. The second-order valence-corrected chi connectivity index (χ2v) is 3.60. The standard InChI is InChI=1S/C12H14F3NO2.ClH/c1-2-18-11(17)8-16-7-9-3-5-10(6-4-9)12(13,14)15;/h3-6,16H,2,7-8H2,1H3;1H. The van der Waals surface area contributed by atoms with E-state index < -0.39 is 11.7 Å². The number of benzene rings is 1. The van der Waals surface area contributed by atoms with Crippen molar-refractivity contribution < 1.29 is 22.7 Å². The topological polar surface area (TPSA) is 38.3 Å². The average Bonchev–Trinajstić information content (AvgIpc) is 2.29. The predicted molar refractivity (Wildman–Crippen MR) is 67.0 cm³/mol. The number of halogens is 4. The Morgan fingerprint density at radius 3 is 2.32 bits per heavy atom. The Balaban J connectivity index is 0.00000324. The summed E-state index contributed by atoms with van der Waals surface area (Å²) in [5, 5.41) is 2.79. The summed E-state index contributed by atoms with van der Waals surface area (Å²) >= 11 is 0. The van der Waals surface area contributed by atoms with Crippen LogP contribution in [0.3, 0.4) is 0 Å². The first kappa shape index (κ1) is 17.7. The normalized spacial score (nSPS) is 10.7. The van der Waals surface area contributed by atoms with Crippen LogP contribution in [0, 0.1) is 0 Å². The summed E-state index contributed by atoms with van der Waals surface area (Å²) < 4.78 is 41.5. The number of ether oxygens (including phenoxy) is 1. The maximum atomic E-state index is 12.3. The molecule has 0 amide bonds. The lowest BCUT2D eigenvalue weighted by atomic mass is 10.1. The van der Waals surface area contributed by atoms with Gasteiger partial charge in [-0.2, -0.15) is 13.2 Å². The molecule has 0 heterocycles. The first-order valence-electron chi connectivity index (χ1n) is 5.46. The number of esters is 1. The van der Waals surface area contributed by atoms with E-state index in [1.165, 1.54) is 12.1 Å². The van der Waals surface area contributed by atoms with Crippen LogP contribution < -0.4 is 5.32 Å². The number of carbonyl (C=O) groups is 1. The fourth-order valence-corrected chi connectivity index (χ4v) is 1.33. The molecule has 0 saturated heterocycles. The molecule has 7 heteroatoms. The Morgan fingerprint density at radius 2 is 1.84 bits per heavy atom. The first-order valence-corrected chi connectivity index (χ1v) is 5.46. The summed E-state index contributed by atoms with van der Waals surface area (Å²) in [6.45, 7) is 2.36. The van der Waals surface area contributed by atoms with Crippen molar-refractivity contribution in [2.75, 3.05) is 13.2 Å². The zero-order valence-electron chi connectivity index (χ0n) is 10.3. The molecular weight excluding hydrogens is 283 g/mol. The molecule has 0 bridgehead atoms. The smallest absolute Gasteiger partial charge is 0.416 e. The molecule has 19 heavy (non-hydrogen) atoms. The van der Waals surface area contributed by atoms with E-state index in [1.54, 1.807) is 6.92 Å². The molecule has 1 aromatic rings. The van der Waals surface area contributed by atoms with Crippen LogP contribution in [0.25, 0.3) is 0 Å². The molecule has 0 spiro atoms. The molecule has 0 aromatic heterocycles. The molecule has 0 radical (unpaired) electrons. The van der Waals surface area contributed by atoms with E-state index in [-0.39, 0.29) is 24.9 Å².